The summed E-state index contributed by atoms with van der Waals surface area (Å²) in [5.74, 6) is -0.0107. The molecular formula is C13H16N4O2. The molecule has 0 aromatic carbocycles. The number of anilines is 1. The summed E-state index contributed by atoms with van der Waals surface area (Å²) in [5, 5.41) is 16.6. The summed E-state index contributed by atoms with van der Waals surface area (Å²) >= 11 is 0. The molecule has 0 saturated heterocycles. The van der Waals surface area contributed by atoms with Crippen molar-refractivity contribution in [1.82, 2.24) is 14.6 Å². The number of carboxylic acids is 1. The van der Waals surface area contributed by atoms with E-state index in [1.807, 2.05) is 18.3 Å². The average molecular weight is 260 g/mol. The van der Waals surface area contributed by atoms with Crippen molar-refractivity contribution in [3.05, 3.63) is 24.5 Å². The van der Waals surface area contributed by atoms with Gasteiger partial charge in [-0.05, 0) is 18.9 Å². The molecule has 0 spiro atoms. The second-order valence-electron chi connectivity index (χ2n) is 5.09. The van der Waals surface area contributed by atoms with Crippen molar-refractivity contribution in [2.75, 3.05) is 11.9 Å². The van der Waals surface area contributed by atoms with Gasteiger partial charge in [0.2, 0.25) is 0 Å². The molecule has 19 heavy (non-hydrogen) atoms. The molecule has 6 heteroatoms. The fourth-order valence-electron chi connectivity index (χ4n) is 2.69. The third kappa shape index (κ3) is 2.14. The highest BCUT2D eigenvalue weighted by molar-refractivity contribution is 5.75. The maximum Gasteiger partial charge on any atom is 0.311 e. The molecule has 0 radical (unpaired) electrons. The Morgan fingerprint density at radius 3 is 2.95 bits per heavy atom. The zero-order valence-corrected chi connectivity index (χ0v) is 10.5. The van der Waals surface area contributed by atoms with Gasteiger partial charge in [0.05, 0.1) is 11.6 Å². The van der Waals surface area contributed by atoms with Gasteiger partial charge in [0.1, 0.15) is 5.82 Å². The fraction of sp³-hybridized carbons (Fsp3) is 0.462. The van der Waals surface area contributed by atoms with Gasteiger partial charge >= 0.3 is 5.97 Å². The quantitative estimate of drug-likeness (QED) is 0.876. The Hall–Kier alpha value is -2.11. The number of hydrogen-bond donors (Lipinski definition) is 2. The van der Waals surface area contributed by atoms with Crippen LogP contribution in [0.25, 0.3) is 5.65 Å². The molecule has 2 heterocycles. The molecule has 1 aliphatic carbocycles. The zero-order valence-electron chi connectivity index (χ0n) is 10.5. The molecule has 2 N–H and O–H groups in total. The minimum atomic E-state index is -0.706. The average Bonchev–Trinajstić information content (AvgIpc) is 3.05. The van der Waals surface area contributed by atoms with Crippen LogP contribution < -0.4 is 5.32 Å². The predicted octanol–water partition coefficient (Wildman–Crippen LogP) is 1.79. The summed E-state index contributed by atoms with van der Waals surface area (Å²) in [5.41, 5.74) is 0.120. The fourth-order valence-corrected chi connectivity index (χ4v) is 2.69. The van der Waals surface area contributed by atoms with Crippen molar-refractivity contribution >= 4 is 17.4 Å². The van der Waals surface area contributed by atoms with Gasteiger partial charge in [-0.1, -0.05) is 12.8 Å². The maximum absolute atomic E-state index is 11.4. The van der Waals surface area contributed by atoms with Crippen LogP contribution in [0.4, 0.5) is 5.82 Å². The van der Waals surface area contributed by atoms with Gasteiger partial charge in [0.15, 0.2) is 5.65 Å². The predicted molar refractivity (Wildman–Crippen MR) is 70.0 cm³/mol. The number of nitrogens with zero attached hydrogens (tertiary/aromatic N) is 3. The van der Waals surface area contributed by atoms with Crippen LogP contribution in [0.5, 0.6) is 0 Å². The highest BCUT2D eigenvalue weighted by Gasteiger charge is 2.41. The first-order valence-electron chi connectivity index (χ1n) is 6.47. The topological polar surface area (TPSA) is 79.5 Å². The molecule has 1 saturated carbocycles. The van der Waals surface area contributed by atoms with Crippen molar-refractivity contribution in [2.45, 2.75) is 25.7 Å². The van der Waals surface area contributed by atoms with E-state index in [1.165, 1.54) is 0 Å². The Kier molecular flexibility index (Phi) is 2.85. The molecule has 0 atom stereocenters. The number of fused-ring (bicyclic) bond motifs is 1. The van der Waals surface area contributed by atoms with E-state index in [9.17, 15) is 9.90 Å². The van der Waals surface area contributed by atoms with Crippen molar-refractivity contribution < 1.29 is 9.90 Å². The van der Waals surface area contributed by atoms with E-state index < -0.39 is 11.4 Å². The molecule has 1 fully saturated rings. The van der Waals surface area contributed by atoms with Crippen LogP contribution in [0.2, 0.25) is 0 Å². The first-order chi connectivity index (χ1) is 9.20. The second kappa shape index (κ2) is 4.53. The highest BCUT2D eigenvalue weighted by atomic mass is 16.4. The molecule has 2 aromatic heterocycles. The van der Waals surface area contributed by atoms with Crippen LogP contribution in [-0.4, -0.2) is 32.2 Å². The first-order valence-corrected chi connectivity index (χ1v) is 6.47. The molecule has 0 bridgehead atoms. The third-order valence-electron chi connectivity index (χ3n) is 3.88. The Labute approximate surface area is 110 Å². The van der Waals surface area contributed by atoms with Gasteiger partial charge in [-0.25, -0.2) is 9.50 Å². The lowest BCUT2D eigenvalue weighted by Gasteiger charge is -2.24. The van der Waals surface area contributed by atoms with E-state index in [1.54, 1.807) is 10.7 Å². The van der Waals surface area contributed by atoms with Gasteiger partial charge in [0.25, 0.3) is 0 Å². The number of carboxylic acid groups (broad SMARTS) is 1. The summed E-state index contributed by atoms with van der Waals surface area (Å²) in [6, 6.07) is 3.62. The number of hydrogen-bond acceptors (Lipinski definition) is 4. The molecule has 6 nitrogen and oxygen atoms in total. The summed E-state index contributed by atoms with van der Waals surface area (Å²) in [7, 11) is 0. The number of nitrogens with one attached hydrogen (secondary N) is 1. The minimum absolute atomic E-state index is 0.430. The standard InChI is InChI=1S/C13H16N4O2/c18-12(19)13(5-1-2-6-13)9-14-10-4-8-17-11(16-10)3-7-15-17/h3-4,7-8H,1-2,5-6,9H2,(H,14,16)(H,18,19). The second-order valence-corrected chi connectivity index (χ2v) is 5.09. The van der Waals surface area contributed by atoms with Gasteiger partial charge in [-0.15, -0.1) is 0 Å². The van der Waals surface area contributed by atoms with Crippen molar-refractivity contribution in [2.24, 2.45) is 5.41 Å². The zero-order chi connectivity index (χ0) is 13.3. The van der Waals surface area contributed by atoms with Crippen LogP contribution in [0.1, 0.15) is 25.7 Å². The van der Waals surface area contributed by atoms with E-state index >= 15 is 0 Å². The monoisotopic (exact) mass is 260 g/mol. The number of carbonyl (C=O) groups is 1. The lowest BCUT2D eigenvalue weighted by molar-refractivity contribution is -0.147. The molecule has 0 unspecified atom stereocenters. The Morgan fingerprint density at radius 1 is 1.42 bits per heavy atom. The number of aliphatic carboxylic acids is 1. The van der Waals surface area contributed by atoms with Crippen LogP contribution in [-0.2, 0) is 4.79 Å². The van der Waals surface area contributed by atoms with Gasteiger partial charge < -0.3 is 10.4 Å². The largest absolute Gasteiger partial charge is 0.481 e. The molecular weight excluding hydrogens is 244 g/mol. The summed E-state index contributed by atoms with van der Waals surface area (Å²) in [6.45, 7) is 0.430. The van der Waals surface area contributed by atoms with Crippen LogP contribution in [0, 0.1) is 5.41 Å². The summed E-state index contributed by atoms with van der Waals surface area (Å²) in [6.07, 6.45) is 6.95. The highest BCUT2D eigenvalue weighted by Crippen LogP contribution is 2.38. The molecule has 0 amide bonds. The molecule has 2 aromatic rings. The van der Waals surface area contributed by atoms with E-state index in [0.717, 1.165) is 31.3 Å². The van der Waals surface area contributed by atoms with Gasteiger partial charge in [-0.2, -0.15) is 5.10 Å². The SMILES string of the molecule is O=C(O)C1(CNc2ccn3nccc3n2)CCCC1. The van der Waals surface area contributed by atoms with Gasteiger partial charge in [0, 0.05) is 18.8 Å². The van der Waals surface area contributed by atoms with E-state index in [2.05, 4.69) is 15.4 Å². The molecule has 1 aliphatic rings. The lowest BCUT2D eigenvalue weighted by atomic mass is 9.86. The van der Waals surface area contributed by atoms with E-state index in [0.29, 0.717) is 12.4 Å². The molecule has 3 rings (SSSR count). The third-order valence-corrected chi connectivity index (χ3v) is 3.88. The smallest absolute Gasteiger partial charge is 0.311 e. The summed E-state index contributed by atoms with van der Waals surface area (Å²) in [4.78, 5) is 15.8. The minimum Gasteiger partial charge on any atom is -0.481 e. The summed E-state index contributed by atoms with van der Waals surface area (Å²) < 4.78 is 1.67. The van der Waals surface area contributed by atoms with Crippen molar-refractivity contribution in [3.63, 3.8) is 0 Å². The van der Waals surface area contributed by atoms with Gasteiger partial charge in [-0.3, -0.25) is 4.79 Å². The molecule has 0 aliphatic heterocycles. The Bertz CT molecular complexity index is 601. The number of rotatable bonds is 4. The number of aromatic nitrogens is 3. The Balaban J connectivity index is 1.75. The van der Waals surface area contributed by atoms with Crippen molar-refractivity contribution in [1.29, 1.82) is 0 Å². The normalized spacial score (nSPS) is 17.7. The first kappa shape index (κ1) is 12.0. The van der Waals surface area contributed by atoms with Crippen molar-refractivity contribution in [3.8, 4) is 0 Å². The lowest BCUT2D eigenvalue weighted by Crippen LogP contribution is -2.35. The van der Waals surface area contributed by atoms with E-state index in [4.69, 9.17) is 0 Å². The van der Waals surface area contributed by atoms with Crippen LogP contribution in [0.3, 0.4) is 0 Å². The molecule has 100 valence electrons. The Morgan fingerprint density at radius 2 is 2.21 bits per heavy atom. The maximum atomic E-state index is 11.4. The van der Waals surface area contributed by atoms with E-state index in [-0.39, 0.29) is 0 Å². The van der Waals surface area contributed by atoms with Crippen LogP contribution >= 0.6 is 0 Å². The van der Waals surface area contributed by atoms with Crippen LogP contribution in [0.15, 0.2) is 24.5 Å².